The van der Waals surface area contributed by atoms with Gasteiger partial charge in [-0.2, -0.15) is 0 Å². The number of hydrogen-bond acceptors (Lipinski definition) is 6. The molecule has 0 aliphatic heterocycles. The topological polar surface area (TPSA) is 78.9 Å². The zero-order valence-corrected chi connectivity index (χ0v) is 46.0. The lowest BCUT2D eigenvalue weighted by Gasteiger charge is -2.18. The van der Waals surface area contributed by atoms with Gasteiger partial charge in [0.1, 0.15) is 13.2 Å². The first-order valence-electron chi connectivity index (χ1n) is 29.6. The molecule has 0 bridgehead atoms. The van der Waals surface area contributed by atoms with Gasteiger partial charge in [0, 0.05) is 19.3 Å². The van der Waals surface area contributed by atoms with Crippen LogP contribution in [0.1, 0.15) is 284 Å². The lowest BCUT2D eigenvalue weighted by atomic mass is 10.1. The third-order valence-corrected chi connectivity index (χ3v) is 12.6. The van der Waals surface area contributed by atoms with Crippen molar-refractivity contribution in [3.8, 4) is 0 Å². The Balaban J connectivity index is 4.43. The summed E-state index contributed by atoms with van der Waals surface area (Å²) in [6.45, 7) is 6.49. The predicted octanol–water partition coefficient (Wildman–Crippen LogP) is 19.9. The highest BCUT2D eigenvalue weighted by atomic mass is 16.6. The van der Waals surface area contributed by atoms with Crippen LogP contribution in [0, 0.1) is 0 Å². The Hall–Kier alpha value is -3.41. The Kier molecular flexibility index (Phi) is 55.3. The molecule has 402 valence electrons. The third-order valence-electron chi connectivity index (χ3n) is 12.6. The van der Waals surface area contributed by atoms with Gasteiger partial charge in [-0.3, -0.25) is 14.4 Å². The van der Waals surface area contributed by atoms with Crippen molar-refractivity contribution in [3.05, 3.63) is 85.1 Å². The molecule has 0 saturated heterocycles. The second-order valence-corrected chi connectivity index (χ2v) is 19.5. The van der Waals surface area contributed by atoms with Crippen LogP contribution < -0.4 is 0 Å². The van der Waals surface area contributed by atoms with Gasteiger partial charge in [-0.25, -0.2) is 0 Å². The van der Waals surface area contributed by atoms with Crippen LogP contribution in [0.3, 0.4) is 0 Å². The zero-order valence-electron chi connectivity index (χ0n) is 46.0. The minimum absolute atomic E-state index is 0.0904. The lowest BCUT2D eigenvalue weighted by molar-refractivity contribution is -0.167. The molecule has 0 rings (SSSR count). The number of carbonyl (C=O) groups is 3. The van der Waals surface area contributed by atoms with Crippen LogP contribution in [0.25, 0.3) is 0 Å². The standard InChI is InChI=1S/C64H110O6/c1-4-7-10-13-16-19-22-25-28-30-32-34-36-39-42-45-48-51-54-57-63(66)69-60-61(59-68-62(65)56-53-50-47-44-41-38-35-27-24-21-18-15-12-9-6-3)70-64(67)58-55-52-49-46-43-40-37-33-31-29-26-23-20-17-14-11-8-5-2/h7,10,16,18-19,21,24-25,27-28,32-34,37,61H,4-6,8-9,11-15,17,20,22-23,26,29-31,35-36,38-60H2,1-3H3/b10-7-,19-16-,21-18-,27-24-,28-25-,34-32-,37-33-. The summed E-state index contributed by atoms with van der Waals surface area (Å²) in [5.74, 6) is -0.916. The van der Waals surface area contributed by atoms with E-state index in [2.05, 4.69) is 106 Å². The smallest absolute Gasteiger partial charge is 0.306 e. The highest BCUT2D eigenvalue weighted by Gasteiger charge is 2.19. The molecule has 0 spiro atoms. The molecule has 0 fully saturated rings. The van der Waals surface area contributed by atoms with Crippen molar-refractivity contribution in [2.45, 2.75) is 290 Å². The molecule has 0 saturated carbocycles. The molecular weight excluding hydrogens is 865 g/mol. The van der Waals surface area contributed by atoms with E-state index in [1.165, 1.54) is 128 Å². The Morgan fingerprint density at radius 3 is 1.00 bits per heavy atom. The van der Waals surface area contributed by atoms with E-state index in [1.807, 2.05) is 0 Å². The summed E-state index contributed by atoms with van der Waals surface area (Å²) in [7, 11) is 0. The fourth-order valence-corrected chi connectivity index (χ4v) is 8.18. The maximum Gasteiger partial charge on any atom is 0.306 e. The van der Waals surface area contributed by atoms with Gasteiger partial charge in [-0.05, 0) is 109 Å². The molecule has 0 aliphatic carbocycles. The van der Waals surface area contributed by atoms with E-state index in [1.54, 1.807) is 0 Å². The predicted molar refractivity (Wildman–Crippen MR) is 302 cm³/mol. The Bertz CT molecular complexity index is 1350. The first kappa shape index (κ1) is 66.6. The number of allylic oxidation sites excluding steroid dienone is 14. The van der Waals surface area contributed by atoms with Crippen molar-refractivity contribution >= 4 is 17.9 Å². The fraction of sp³-hybridized carbons (Fsp3) is 0.734. The fourth-order valence-electron chi connectivity index (χ4n) is 8.18. The number of carbonyl (C=O) groups excluding carboxylic acids is 3. The molecule has 0 aromatic carbocycles. The van der Waals surface area contributed by atoms with Crippen molar-refractivity contribution in [2.24, 2.45) is 0 Å². The molecule has 0 radical (unpaired) electrons. The number of rotatable bonds is 53. The molecule has 0 N–H and O–H groups in total. The van der Waals surface area contributed by atoms with E-state index < -0.39 is 6.10 Å². The summed E-state index contributed by atoms with van der Waals surface area (Å²) in [5.41, 5.74) is 0. The molecule has 1 unspecified atom stereocenters. The summed E-state index contributed by atoms with van der Waals surface area (Å²) >= 11 is 0. The normalized spacial score (nSPS) is 12.7. The number of ether oxygens (including phenoxy) is 3. The lowest BCUT2D eigenvalue weighted by Crippen LogP contribution is -2.30. The molecule has 0 aliphatic rings. The van der Waals surface area contributed by atoms with E-state index in [0.717, 1.165) is 116 Å². The van der Waals surface area contributed by atoms with Crippen LogP contribution in [-0.4, -0.2) is 37.2 Å². The SMILES string of the molecule is CC/C=C\C/C=C\C/C=C\C/C=C\CCCCCCCCC(=O)OCC(COC(=O)CCCCCCCC/C=C\C=C/CCCCC)OC(=O)CCCCCCC/C=C\CCCCCCCCCCC. The average molecular weight is 976 g/mol. The van der Waals surface area contributed by atoms with Gasteiger partial charge < -0.3 is 14.2 Å². The van der Waals surface area contributed by atoms with Crippen molar-refractivity contribution in [3.63, 3.8) is 0 Å². The molecule has 0 aromatic rings. The monoisotopic (exact) mass is 975 g/mol. The minimum atomic E-state index is -0.793. The van der Waals surface area contributed by atoms with Gasteiger partial charge in [0.05, 0.1) is 0 Å². The van der Waals surface area contributed by atoms with E-state index in [0.29, 0.717) is 19.3 Å². The molecule has 0 aromatic heterocycles. The van der Waals surface area contributed by atoms with E-state index >= 15 is 0 Å². The highest BCUT2D eigenvalue weighted by molar-refractivity contribution is 5.71. The van der Waals surface area contributed by atoms with Crippen molar-refractivity contribution < 1.29 is 28.6 Å². The summed E-state index contributed by atoms with van der Waals surface area (Å²) in [5, 5.41) is 0. The van der Waals surface area contributed by atoms with Crippen LogP contribution in [0.5, 0.6) is 0 Å². The quantitative estimate of drug-likeness (QED) is 0.0199. The highest BCUT2D eigenvalue weighted by Crippen LogP contribution is 2.15. The van der Waals surface area contributed by atoms with Gasteiger partial charge in [-0.1, -0.05) is 241 Å². The molecular formula is C64H110O6. The number of hydrogen-bond donors (Lipinski definition) is 0. The third kappa shape index (κ3) is 55.5. The Labute approximate surface area is 433 Å². The first-order valence-corrected chi connectivity index (χ1v) is 29.6. The maximum absolute atomic E-state index is 12.9. The summed E-state index contributed by atoms with van der Waals surface area (Å²) < 4.78 is 16.9. The zero-order chi connectivity index (χ0) is 50.7. The molecule has 70 heavy (non-hydrogen) atoms. The number of unbranched alkanes of at least 4 members (excludes halogenated alkanes) is 29. The van der Waals surface area contributed by atoms with Crippen molar-refractivity contribution in [1.82, 2.24) is 0 Å². The average Bonchev–Trinajstić information content (AvgIpc) is 3.36. The molecule has 0 heterocycles. The first-order chi connectivity index (χ1) is 34.5. The van der Waals surface area contributed by atoms with Crippen LogP contribution in [0.15, 0.2) is 85.1 Å². The molecule has 6 heteroatoms. The van der Waals surface area contributed by atoms with Crippen LogP contribution in [0.4, 0.5) is 0 Å². The van der Waals surface area contributed by atoms with Gasteiger partial charge in [0.25, 0.3) is 0 Å². The number of esters is 3. The summed E-state index contributed by atoms with van der Waals surface area (Å²) in [6, 6.07) is 0. The Morgan fingerprint density at radius 1 is 0.314 bits per heavy atom. The molecule has 0 amide bonds. The summed E-state index contributed by atoms with van der Waals surface area (Å²) in [6.07, 6.45) is 75.7. The van der Waals surface area contributed by atoms with Gasteiger partial charge in [0.2, 0.25) is 0 Å². The van der Waals surface area contributed by atoms with Crippen LogP contribution >= 0.6 is 0 Å². The Morgan fingerprint density at radius 2 is 0.600 bits per heavy atom. The van der Waals surface area contributed by atoms with Crippen molar-refractivity contribution in [1.29, 1.82) is 0 Å². The van der Waals surface area contributed by atoms with Crippen molar-refractivity contribution in [2.75, 3.05) is 13.2 Å². The molecule has 1 atom stereocenters. The largest absolute Gasteiger partial charge is 0.462 e. The van der Waals surface area contributed by atoms with E-state index in [-0.39, 0.29) is 31.1 Å². The minimum Gasteiger partial charge on any atom is -0.462 e. The van der Waals surface area contributed by atoms with Gasteiger partial charge in [-0.15, -0.1) is 0 Å². The summed E-state index contributed by atoms with van der Waals surface area (Å²) in [4.78, 5) is 38.2. The van der Waals surface area contributed by atoms with Gasteiger partial charge >= 0.3 is 17.9 Å². The second kappa shape index (κ2) is 58.2. The second-order valence-electron chi connectivity index (χ2n) is 19.5. The molecule has 6 nitrogen and oxygen atoms in total. The van der Waals surface area contributed by atoms with Gasteiger partial charge in [0.15, 0.2) is 6.10 Å². The maximum atomic E-state index is 12.9. The van der Waals surface area contributed by atoms with E-state index in [9.17, 15) is 14.4 Å². The van der Waals surface area contributed by atoms with Crippen LogP contribution in [-0.2, 0) is 28.6 Å². The van der Waals surface area contributed by atoms with E-state index in [4.69, 9.17) is 14.2 Å². The van der Waals surface area contributed by atoms with Crippen LogP contribution in [0.2, 0.25) is 0 Å².